The Balaban J connectivity index is 2.79. The Morgan fingerprint density at radius 1 is 1.22 bits per heavy atom. The van der Waals surface area contributed by atoms with Gasteiger partial charge in [-0.15, -0.1) is 0 Å². The Bertz CT molecular complexity index is 388. The van der Waals surface area contributed by atoms with Crippen LogP contribution in [0.25, 0.3) is 0 Å². The van der Waals surface area contributed by atoms with Crippen molar-refractivity contribution in [1.82, 2.24) is 4.90 Å². The van der Waals surface area contributed by atoms with Gasteiger partial charge in [0, 0.05) is 19.6 Å². The van der Waals surface area contributed by atoms with Crippen molar-refractivity contribution in [3.63, 3.8) is 0 Å². The smallest absolute Gasteiger partial charge is 0.329 e. The average Bonchev–Trinajstić information content (AvgIpc) is 2.21. The first-order chi connectivity index (χ1) is 8.31. The van der Waals surface area contributed by atoms with E-state index in [4.69, 9.17) is 5.73 Å². The summed E-state index contributed by atoms with van der Waals surface area (Å²) in [5.41, 5.74) is 8.34. The van der Waals surface area contributed by atoms with Crippen molar-refractivity contribution in [2.45, 2.75) is 26.6 Å². The van der Waals surface area contributed by atoms with Crippen molar-refractivity contribution >= 4 is 0 Å². The van der Waals surface area contributed by atoms with Crippen LogP contribution in [0.2, 0.25) is 0 Å². The predicted molar refractivity (Wildman–Crippen MR) is 66.3 cm³/mol. The van der Waals surface area contributed by atoms with Crippen LogP contribution in [0.3, 0.4) is 0 Å². The Labute approximate surface area is 106 Å². The molecule has 102 valence electrons. The van der Waals surface area contributed by atoms with Gasteiger partial charge in [0.2, 0.25) is 0 Å². The summed E-state index contributed by atoms with van der Waals surface area (Å²) in [4.78, 5) is 1.34. The maximum atomic E-state index is 12.4. The van der Waals surface area contributed by atoms with Gasteiger partial charge in [-0.05, 0) is 25.0 Å². The molecule has 1 aromatic rings. The lowest BCUT2D eigenvalue weighted by molar-refractivity contribution is -0.146. The lowest BCUT2D eigenvalue weighted by Crippen LogP contribution is -2.37. The van der Waals surface area contributed by atoms with Gasteiger partial charge < -0.3 is 5.73 Å². The zero-order valence-electron chi connectivity index (χ0n) is 10.7. The van der Waals surface area contributed by atoms with Crippen molar-refractivity contribution in [2.75, 3.05) is 19.6 Å². The molecular weight excluding hydrogens is 241 g/mol. The molecule has 1 aromatic carbocycles. The molecule has 0 saturated carbocycles. The number of rotatable bonds is 5. The molecule has 0 bridgehead atoms. The Kier molecular flexibility index (Phi) is 5.16. The highest BCUT2D eigenvalue weighted by Gasteiger charge is 2.30. The van der Waals surface area contributed by atoms with Crippen LogP contribution in [0.4, 0.5) is 13.2 Å². The monoisotopic (exact) mass is 260 g/mol. The average molecular weight is 260 g/mol. The zero-order valence-corrected chi connectivity index (χ0v) is 10.7. The standard InChI is InChI=1S/C13H19F3N2/c1-10-3-4-11(2)12(7-10)8-18(6-5-17)9-13(14,15)16/h3-4,7H,5-6,8-9,17H2,1-2H3. The first-order valence-electron chi connectivity index (χ1n) is 5.87. The van der Waals surface area contributed by atoms with E-state index in [1.807, 2.05) is 32.0 Å². The van der Waals surface area contributed by atoms with E-state index < -0.39 is 12.7 Å². The molecule has 0 radical (unpaired) electrons. The summed E-state index contributed by atoms with van der Waals surface area (Å²) in [7, 11) is 0. The Morgan fingerprint density at radius 3 is 2.44 bits per heavy atom. The summed E-state index contributed by atoms with van der Waals surface area (Å²) in [5, 5.41) is 0. The van der Waals surface area contributed by atoms with Crippen LogP contribution in [0.1, 0.15) is 16.7 Å². The van der Waals surface area contributed by atoms with E-state index in [2.05, 4.69) is 0 Å². The van der Waals surface area contributed by atoms with Gasteiger partial charge in [-0.3, -0.25) is 4.90 Å². The van der Waals surface area contributed by atoms with Gasteiger partial charge in [0.25, 0.3) is 0 Å². The molecule has 2 nitrogen and oxygen atoms in total. The van der Waals surface area contributed by atoms with Crippen LogP contribution in [0.5, 0.6) is 0 Å². The van der Waals surface area contributed by atoms with Crippen LogP contribution in [-0.2, 0) is 6.54 Å². The molecule has 0 amide bonds. The highest BCUT2D eigenvalue weighted by molar-refractivity contribution is 5.30. The largest absolute Gasteiger partial charge is 0.401 e. The lowest BCUT2D eigenvalue weighted by Gasteiger charge is -2.24. The lowest BCUT2D eigenvalue weighted by atomic mass is 10.1. The SMILES string of the molecule is Cc1ccc(C)c(CN(CCN)CC(F)(F)F)c1. The fourth-order valence-electron chi connectivity index (χ4n) is 1.86. The number of aryl methyl sites for hydroxylation is 2. The Morgan fingerprint density at radius 2 is 1.89 bits per heavy atom. The summed E-state index contributed by atoms with van der Waals surface area (Å²) in [6.07, 6.45) is -4.19. The van der Waals surface area contributed by atoms with Crippen LogP contribution < -0.4 is 5.73 Å². The molecule has 0 saturated heterocycles. The normalized spacial score (nSPS) is 12.2. The molecular formula is C13H19F3N2. The fraction of sp³-hybridized carbons (Fsp3) is 0.538. The van der Waals surface area contributed by atoms with Crippen molar-refractivity contribution in [3.05, 3.63) is 34.9 Å². The molecule has 0 aliphatic carbocycles. The van der Waals surface area contributed by atoms with Gasteiger partial charge in [0.05, 0.1) is 6.54 Å². The van der Waals surface area contributed by atoms with Crippen LogP contribution in [-0.4, -0.2) is 30.7 Å². The number of benzene rings is 1. The van der Waals surface area contributed by atoms with E-state index in [-0.39, 0.29) is 19.6 Å². The van der Waals surface area contributed by atoms with Gasteiger partial charge in [-0.25, -0.2) is 0 Å². The third-order valence-electron chi connectivity index (χ3n) is 2.75. The molecule has 0 aliphatic rings. The number of hydrogen-bond acceptors (Lipinski definition) is 2. The first kappa shape index (κ1) is 15.0. The molecule has 5 heteroatoms. The minimum atomic E-state index is -4.19. The summed E-state index contributed by atoms with van der Waals surface area (Å²) >= 11 is 0. The van der Waals surface area contributed by atoms with E-state index in [1.54, 1.807) is 0 Å². The molecule has 18 heavy (non-hydrogen) atoms. The second-order valence-electron chi connectivity index (χ2n) is 4.54. The van der Waals surface area contributed by atoms with Crippen molar-refractivity contribution in [3.8, 4) is 0 Å². The number of alkyl halides is 3. The van der Waals surface area contributed by atoms with Gasteiger partial charge in [0.15, 0.2) is 0 Å². The molecule has 0 aliphatic heterocycles. The van der Waals surface area contributed by atoms with Crippen molar-refractivity contribution in [1.29, 1.82) is 0 Å². The van der Waals surface area contributed by atoms with Gasteiger partial charge in [-0.1, -0.05) is 23.8 Å². The van der Waals surface area contributed by atoms with Crippen molar-refractivity contribution < 1.29 is 13.2 Å². The zero-order chi connectivity index (χ0) is 13.8. The van der Waals surface area contributed by atoms with E-state index >= 15 is 0 Å². The molecule has 0 unspecified atom stereocenters. The van der Waals surface area contributed by atoms with E-state index in [0.29, 0.717) is 0 Å². The minimum Gasteiger partial charge on any atom is -0.329 e. The quantitative estimate of drug-likeness (QED) is 0.881. The summed E-state index contributed by atoms with van der Waals surface area (Å²) in [6.45, 7) is 3.67. The van der Waals surface area contributed by atoms with Gasteiger partial charge in [-0.2, -0.15) is 13.2 Å². The number of nitrogens with two attached hydrogens (primary N) is 1. The van der Waals surface area contributed by atoms with E-state index in [0.717, 1.165) is 16.7 Å². The molecule has 0 fully saturated rings. The second kappa shape index (κ2) is 6.20. The van der Waals surface area contributed by atoms with Crippen LogP contribution in [0, 0.1) is 13.8 Å². The van der Waals surface area contributed by atoms with E-state index in [9.17, 15) is 13.2 Å². The third kappa shape index (κ3) is 5.06. The summed E-state index contributed by atoms with van der Waals surface area (Å²) < 4.78 is 37.3. The number of hydrogen-bond donors (Lipinski definition) is 1. The van der Waals surface area contributed by atoms with E-state index in [1.165, 1.54) is 4.90 Å². The van der Waals surface area contributed by atoms with Crippen molar-refractivity contribution in [2.24, 2.45) is 5.73 Å². The maximum Gasteiger partial charge on any atom is 0.401 e. The fourth-order valence-corrected chi connectivity index (χ4v) is 1.86. The Hall–Kier alpha value is -1.07. The highest BCUT2D eigenvalue weighted by Crippen LogP contribution is 2.19. The summed E-state index contributed by atoms with van der Waals surface area (Å²) in [5.74, 6) is 0. The molecule has 0 spiro atoms. The second-order valence-corrected chi connectivity index (χ2v) is 4.54. The molecule has 0 aromatic heterocycles. The molecule has 0 atom stereocenters. The van der Waals surface area contributed by atoms with Gasteiger partial charge >= 0.3 is 6.18 Å². The molecule has 2 N–H and O–H groups in total. The first-order valence-corrected chi connectivity index (χ1v) is 5.87. The van der Waals surface area contributed by atoms with Crippen LogP contribution in [0.15, 0.2) is 18.2 Å². The maximum absolute atomic E-state index is 12.4. The summed E-state index contributed by atoms with van der Waals surface area (Å²) in [6, 6.07) is 5.81. The molecule has 1 rings (SSSR count). The number of halogens is 3. The minimum absolute atomic E-state index is 0.223. The topological polar surface area (TPSA) is 29.3 Å². The highest BCUT2D eigenvalue weighted by atomic mass is 19.4. The predicted octanol–water partition coefficient (Wildman–Crippen LogP) is 2.63. The number of nitrogens with zero attached hydrogens (tertiary/aromatic N) is 1. The van der Waals surface area contributed by atoms with Crippen LogP contribution >= 0.6 is 0 Å². The van der Waals surface area contributed by atoms with Gasteiger partial charge in [0.1, 0.15) is 0 Å². The third-order valence-corrected chi connectivity index (χ3v) is 2.75. The molecule has 0 heterocycles.